The third-order valence-electron chi connectivity index (χ3n) is 1.90. The molecule has 0 unspecified atom stereocenters. The standard InChI is InChI=1S/C11H13ClO3/c1-2-3-6-15-11(14)9-5-4-8(13)7-10(9)12/h4-5,7,13H,2-3,6H2,1H3. The Morgan fingerprint density at radius 1 is 1.53 bits per heavy atom. The normalized spacial score (nSPS) is 10.0. The maximum Gasteiger partial charge on any atom is 0.339 e. The Balaban J connectivity index is 2.65. The lowest BCUT2D eigenvalue weighted by atomic mass is 10.2. The van der Waals surface area contributed by atoms with Crippen molar-refractivity contribution in [2.75, 3.05) is 6.61 Å². The maximum atomic E-state index is 11.5. The van der Waals surface area contributed by atoms with E-state index in [9.17, 15) is 4.79 Å². The second kappa shape index (κ2) is 5.61. The number of hydrogen-bond donors (Lipinski definition) is 1. The van der Waals surface area contributed by atoms with Crippen LogP contribution in [0.2, 0.25) is 5.02 Å². The third-order valence-corrected chi connectivity index (χ3v) is 2.22. The van der Waals surface area contributed by atoms with Gasteiger partial charge in [0.1, 0.15) is 5.75 Å². The summed E-state index contributed by atoms with van der Waals surface area (Å²) < 4.78 is 4.98. The van der Waals surface area contributed by atoms with Crippen LogP contribution in [0.3, 0.4) is 0 Å². The number of phenolic OH excluding ortho intramolecular Hbond substituents is 1. The molecule has 0 atom stereocenters. The van der Waals surface area contributed by atoms with Crippen molar-refractivity contribution in [2.45, 2.75) is 19.8 Å². The first kappa shape index (κ1) is 11.9. The number of ether oxygens (including phenoxy) is 1. The van der Waals surface area contributed by atoms with Crippen LogP contribution >= 0.6 is 11.6 Å². The molecular weight excluding hydrogens is 216 g/mol. The topological polar surface area (TPSA) is 46.5 Å². The summed E-state index contributed by atoms with van der Waals surface area (Å²) in [7, 11) is 0. The number of unbranched alkanes of at least 4 members (excludes halogenated alkanes) is 1. The lowest BCUT2D eigenvalue weighted by molar-refractivity contribution is 0.0500. The molecule has 0 aliphatic rings. The zero-order valence-electron chi connectivity index (χ0n) is 8.50. The van der Waals surface area contributed by atoms with Crippen molar-refractivity contribution in [3.8, 4) is 5.75 Å². The highest BCUT2D eigenvalue weighted by Gasteiger charge is 2.11. The fourth-order valence-electron chi connectivity index (χ4n) is 1.06. The van der Waals surface area contributed by atoms with Crippen molar-refractivity contribution in [3.05, 3.63) is 28.8 Å². The van der Waals surface area contributed by atoms with Crippen molar-refractivity contribution in [3.63, 3.8) is 0 Å². The number of hydrogen-bond acceptors (Lipinski definition) is 3. The number of rotatable bonds is 4. The highest BCUT2D eigenvalue weighted by molar-refractivity contribution is 6.33. The molecule has 82 valence electrons. The van der Waals surface area contributed by atoms with Gasteiger partial charge >= 0.3 is 5.97 Å². The quantitative estimate of drug-likeness (QED) is 0.637. The van der Waals surface area contributed by atoms with Gasteiger partial charge in [-0.15, -0.1) is 0 Å². The second-order valence-electron chi connectivity index (χ2n) is 3.15. The minimum absolute atomic E-state index is 0.0325. The molecule has 1 N–H and O–H groups in total. The number of benzene rings is 1. The van der Waals surface area contributed by atoms with Crippen molar-refractivity contribution >= 4 is 17.6 Å². The lowest BCUT2D eigenvalue weighted by Gasteiger charge is -2.05. The SMILES string of the molecule is CCCCOC(=O)c1ccc(O)cc1Cl. The minimum atomic E-state index is -0.451. The monoisotopic (exact) mass is 228 g/mol. The van der Waals surface area contributed by atoms with Crippen LogP contribution in [0, 0.1) is 0 Å². The molecule has 3 nitrogen and oxygen atoms in total. The van der Waals surface area contributed by atoms with E-state index < -0.39 is 5.97 Å². The first-order valence-corrected chi connectivity index (χ1v) is 5.18. The lowest BCUT2D eigenvalue weighted by Crippen LogP contribution is -2.06. The van der Waals surface area contributed by atoms with Gasteiger partial charge in [0.15, 0.2) is 0 Å². The average Bonchev–Trinajstić information content (AvgIpc) is 2.17. The van der Waals surface area contributed by atoms with Crippen LogP contribution in [-0.4, -0.2) is 17.7 Å². The molecule has 0 radical (unpaired) electrons. The highest BCUT2D eigenvalue weighted by Crippen LogP contribution is 2.22. The Labute approximate surface area is 93.6 Å². The number of esters is 1. The molecule has 1 rings (SSSR count). The van der Waals surface area contributed by atoms with E-state index >= 15 is 0 Å². The molecule has 0 saturated heterocycles. The Bertz CT molecular complexity index is 350. The van der Waals surface area contributed by atoms with E-state index in [0.717, 1.165) is 12.8 Å². The second-order valence-corrected chi connectivity index (χ2v) is 3.56. The molecule has 4 heteroatoms. The molecule has 0 spiro atoms. The molecule has 0 saturated carbocycles. The van der Waals surface area contributed by atoms with Crippen LogP contribution in [-0.2, 0) is 4.74 Å². The first-order chi connectivity index (χ1) is 7.15. The average molecular weight is 229 g/mol. The van der Waals surface area contributed by atoms with Crippen LogP contribution < -0.4 is 0 Å². The maximum absolute atomic E-state index is 11.5. The van der Waals surface area contributed by atoms with E-state index in [0.29, 0.717) is 6.61 Å². The van der Waals surface area contributed by atoms with Gasteiger partial charge < -0.3 is 9.84 Å². The Kier molecular flexibility index (Phi) is 4.43. The van der Waals surface area contributed by atoms with Gasteiger partial charge in [-0.25, -0.2) is 4.79 Å². The van der Waals surface area contributed by atoms with E-state index in [1.807, 2.05) is 6.92 Å². The zero-order valence-corrected chi connectivity index (χ0v) is 9.25. The summed E-state index contributed by atoms with van der Waals surface area (Å²) in [5, 5.41) is 9.30. The van der Waals surface area contributed by atoms with Gasteiger partial charge in [0.2, 0.25) is 0 Å². The van der Waals surface area contributed by atoms with E-state index in [1.165, 1.54) is 18.2 Å². The molecule has 1 aromatic carbocycles. The van der Waals surface area contributed by atoms with Crippen LogP contribution in [0.4, 0.5) is 0 Å². The van der Waals surface area contributed by atoms with Crippen LogP contribution in [0.15, 0.2) is 18.2 Å². The molecular formula is C11H13ClO3. The summed E-state index contributed by atoms with van der Waals surface area (Å²) in [5.41, 5.74) is 0.283. The van der Waals surface area contributed by atoms with Gasteiger partial charge in [-0.2, -0.15) is 0 Å². The van der Waals surface area contributed by atoms with E-state index in [-0.39, 0.29) is 16.3 Å². The largest absolute Gasteiger partial charge is 0.508 e. The highest BCUT2D eigenvalue weighted by atomic mass is 35.5. The number of carbonyl (C=O) groups is 1. The summed E-state index contributed by atoms with van der Waals surface area (Å²) >= 11 is 5.78. The zero-order chi connectivity index (χ0) is 11.3. The Hall–Kier alpha value is -1.22. The number of carbonyl (C=O) groups excluding carboxylic acids is 1. The predicted molar refractivity (Wildman–Crippen MR) is 58.3 cm³/mol. The molecule has 0 aromatic heterocycles. The fraction of sp³-hybridized carbons (Fsp3) is 0.364. The molecule has 0 heterocycles. The van der Waals surface area contributed by atoms with Crippen LogP contribution in [0.1, 0.15) is 30.1 Å². The molecule has 0 fully saturated rings. The molecule has 1 aromatic rings. The fourth-order valence-corrected chi connectivity index (χ4v) is 1.31. The van der Waals surface area contributed by atoms with Crippen molar-refractivity contribution in [2.24, 2.45) is 0 Å². The number of aromatic hydroxyl groups is 1. The van der Waals surface area contributed by atoms with Gasteiger partial charge in [0.05, 0.1) is 17.2 Å². The van der Waals surface area contributed by atoms with Crippen molar-refractivity contribution < 1.29 is 14.6 Å². The van der Waals surface area contributed by atoms with Gasteiger partial charge in [0, 0.05) is 0 Å². The minimum Gasteiger partial charge on any atom is -0.508 e. The van der Waals surface area contributed by atoms with Gasteiger partial charge in [-0.05, 0) is 24.6 Å². The molecule has 0 aliphatic carbocycles. The predicted octanol–water partition coefficient (Wildman–Crippen LogP) is 3.00. The van der Waals surface area contributed by atoms with Crippen molar-refractivity contribution in [1.82, 2.24) is 0 Å². The van der Waals surface area contributed by atoms with Gasteiger partial charge in [-0.3, -0.25) is 0 Å². The van der Waals surface area contributed by atoms with E-state index in [4.69, 9.17) is 21.4 Å². The number of halogens is 1. The third kappa shape index (κ3) is 3.44. The molecule has 0 bridgehead atoms. The molecule has 0 amide bonds. The van der Waals surface area contributed by atoms with Gasteiger partial charge in [0.25, 0.3) is 0 Å². The smallest absolute Gasteiger partial charge is 0.339 e. The summed E-state index contributed by atoms with van der Waals surface area (Å²) in [6.45, 7) is 2.41. The number of phenols is 1. The van der Waals surface area contributed by atoms with E-state index in [1.54, 1.807) is 0 Å². The summed E-state index contributed by atoms with van der Waals surface area (Å²) in [5.74, 6) is -0.418. The van der Waals surface area contributed by atoms with E-state index in [2.05, 4.69) is 0 Å². The van der Waals surface area contributed by atoms with Crippen molar-refractivity contribution in [1.29, 1.82) is 0 Å². The summed E-state index contributed by atoms with van der Waals surface area (Å²) in [6.07, 6.45) is 1.80. The van der Waals surface area contributed by atoms with Crippen LogP contribution in [0.25, 0.3) is 0 Å². The summed E-state index contributed by atoms with van der Waals surface area (Å²) in [4.78, 5) is 11.5. The first-order valence-electron chi connectivity index (χ1n) is 4.80. The Morgan fingerprint density at radius 2 is 2.27 bits per heavy atom. The van der Waals surface area contributed by atoms with Crippen LogP contribution in [0.5, 0.6) is 5.75 Å². The Morgan fingerprint density at radius 3 is 2.87 bits per heavy atom. The molecule has 15 heavy (non-hydrogen) atoms. The molecule has 0 aliphatic heterocycles. The summed E-state index contributed by atoms with van der Waals surface area (Å²) in [6, 6.07) is 4.17. The van der Waals surface area contributed by atoms with Gasteiger partial charge in [-0.1, -0.05) is 24.9 Å².